The van der Waals surface area contributed by atoms with Crippen LogP contribution in [0.2, 0.25) is 0 Å². The van der Waals surface area contributed by atoms with Crippen LogP contribution in [0.25, 0.3) is 17.8 Å². The first-order chi connectivity index (χ1) is 9.74. The van der Waals surface area contributed by atoms with Gasteiger partial charge in [-0.1, -0.05) is 31.8 Å². The Kier molecular flexibility index (Phi) is 4.69. The summed E-state index contributed by atoms with van der Waals surface area (Å²) in [5, 5.41) is 0.947. The van der Waals surface area contributed by atoms with E-state index in [0.29, 0.717) is 0 Å². The van der Waals surface area contributed by atoms with E-state index >= 15 is 0 Å². The Morgan fingerprint density at radius 3 is 2.45 bits per heavy atom. The molecule has 0 radical (unpaired) electrons. The average molecular weight is 286 g/mol. The SMILES string of the molecule is C=Cc1nc(SCC)n(-c2ccc(OC)cc2)c1C=C. The van der Waals surface area contributed by atoms with E-state index in [4.69, 9.17) is 4.74 Å². The molecule has 1 heterocycles. The minimum Gasteiger partial charge on any atom is -0.497 e. The zero-order valence-corrected chi connectivity index (χ0v) is 12.6. The molecule has 0 unspecified atom stereocenters. The van der Waals surface area contributed by atoms with E-state index in [9.17, 15) is 0 Å². The summed E-state index contributed by atoms with van der Waals surface area (Å²) in [5.74, 6) is 1.79. The standard InChI is InChI=1S/C16H18N2OS/c1-5-14-15(6-2)18(16(17-14)20-7-3)12-8-10-13(19-4)11-9-12/h5-6,8-11H,1-2,7H2,3-4H3. The number of thioether (sulfide) groups is 1. The molecule has 104 valence electrons. The molecule has 2 aromatic rings. The number of imidazole rings is 1. The topological polar surface area (TPSA) is 27.1 Å². The number of nitrogens with zero attached hydrogens (tertiary/aromatic N) is 2. The van der Waals surface area contributed by atoms with Gasteiger partial charge in [-0.3, -0.25) is 4.57 Å². The molecule has 0 spiro atoms. The molecular weight excluding hydrogens is 268 g/mol. The fourth-order valence-electron chi connectivity index (χ4n) is 1.98. The van der Waals surface area contributed by atoms with Gasteiger partial charge in [0.15, 0.2) is 5.16 Å². The third kappa shape index (κ3) is 2.65. The van der Waals surface area contributed by atoms with Crippen LogP contribution in [0.5, 0.6) is 5.75 Å². The first kappa shape index (κ1) is 14.5. The van der Waals surface area contributed by atoms with Crippen molar-refractivity contribution in [3.8, 4) is 11.4 Å². The zero-order valence-electron chi connectivity index (χ0n) is 11.8. The number of ether oxygens (including phenoxy) is 1. The molecule has 20 heavy (non-hydrogen) atoms. The van der Waals surface area contributed by atoms with Crippen molar-refractivity contribution in [3.63, 3.8) is 0 Å². The van der Waals surface area contributed by atoms with Gasteiger partial charge in [0.1, 0.15) is 5.75 Å². The number of rotatable bonds is 6. The predicted molar refractivity (Wildman–Crippen MR) is 86.7 cm³/mol. The number of hydrogen-bond acceptors (Lipinski definition) is 3. The molecule has 0 aliphatic heterocycles. The molecule has 0 saturated carbocycles. The minimum atomic E-state index is 0.836. The van der Waals surface area contributed by atoms with E-state index in [1.54, 1.807) is 24.9 Å². The van der Waals surface area contributed by atoms with Crippen molar-refractivity contribution in [3.05, 3.63) is 48.8 Å². The molecule has 0 aliphatic rings. The van der Waals surface area contributed by atoms with Gasteiger partial charge in [-0.15, -0.1) is 0 Å². The summed E-state index contributed by atoms with van der Waals surface area (Å²) < 4.78 is 7.29. The molecule has 0 bridgehead atoms. The van der Waals surface area contributed by atoms with Gasteiger partial charge in [0.25, 0.3) is 0 Å². The Morgan fingerprint density at radius 1 is 1.25 bits per heavy atom. The van der Waals surface area contributed by atoms with Crippen molar-refractivity contribution in [1.29, 1.82) is 0 Å². The van der Waals surface area contributed by atoms with Crippen molar-refractivity contribution in [2.75, 3.05) is 12.9 Å². The summed E-state index contributed by atoms with van der Waals surface area (Å²) in [5.41, 5.74) is 2.85. The van der Waals surface area contributed by atoms with Gasteiger partial charge in [0, 0.05) is 5.69 Å². The van der Waals surface area contributed by atoms with Gasteiger partial charge in [-0.05, 0) is 42.2 Å². The Balaban J connectivity index is 2.59. The molecule has 0 atom stereocenters. The first-order valence-electron chi connectivity index (χ1n) is 6.40. The maximum atomic E-state index is 5.20. The van der Waals surface area contributed by atoms with Crippen LogP contribution in [-0.4, -0.2) is 22.4 Å². The fourth-order valence-corrected chi connectivity index (χ4v) is 2.73. The van der Waals surface area contributed by atoms with E-state index in [-0.39, 0.29) is 0 Å². The highest BCUT2D eigenvalue weighted by Gasteiger charge is 2.14. The summed E-state index contributed by atoms with van der Waals surface area (Å²) in [4.78, 5) is 4.61. The molecule has 2 rings (SSSR count). The third-order valence-electron chi connectivity index (χ3n) is 2.90. The lowest BCUT2D eigenvalue weighted by Gasteiger charge is -2.10. The van der Waals surface area contributed by atoms with E-state index in [0.717, 1.165) is 33.7 Å². The molecule has 0 amide bonds. The molecule has 0 saturated heterocycles. The Hall–Kier alpha value is -1.94. The molecule has 0 fully saturated rings. The monoisotopic (exact) mass is 286 g/mol. The van der Waals surface area contributed by atoms with Crippen LogP contribution < -0.4 is 4.74 Å². The molecule has 0 N–H and O–H groups in total. The zero-order chi connectivity index (χ0) is 14.5. The van der Waals surface area contributed by atoms with Gasteiger partial charge in [-0.25, -0.2) is 4.98 Å². The van der Waals surface area contributed by atoms with Crippen LogP contribution in [0.15, 0.2) is 42.6 Å². The van der Waals surface area contributed by atoms with Crippen LogP contribution in [-0.2, 0) is 0 Å². The second kappa shape index (κ2) is 6.48. The van der Waals surface area contributed by atoms with Crippen molar-refractivity contribution < 1.29 is 4.74 Å². The quantitative estimate of drug-likeness (QED) is 0.742. The summed E-state index contributed by atoms with van der Waals surface area (Å²) in [6.45, 7) is 9.82. The number of aromatic nitrogens is 2. The normalized spacial score (nSPS) is 10.3. The highest BCUT2D eigenvalue weighted by atomic mass is 32.2. The fraction of sp³-hybridized carbons (Fsp3) is 0.188. The lowest BCUT2D eigenvalue weighted by atomic mass is 10.2. The van der Waals surface area contributed by atoms with Crippen LogP contribution in [0.3, 0.4) is 0 Å². The van der Waals surface area contributed by atoms with E-state index < -0.39 is 0 Å². The average Bonchev–Trinajstić information content (AvgIpc) is 2.85. The number of methoxy groups -OCH3 is 1. The predicted octanol–water partition coefficient (Wildman–Crippen LogP) is 4.28. The van der Waals surface area contributed by atoms with Crippen LogP contribution in [0.4, 0.5) is 0 Å². The lowest BCUT2D eigenvalue weighted by molar-refractivity contribution is 0.414. The second-order valence-electron chi connectivity index (χ2n) is 4.04. The van der Waals surface area contributed by atoms with Gasteiger partial charge in [-0.2, -0.15) is 0 Å². The molecule has 1 aromatic carbocycles. The highest BCUT2D eigenvalue weighted by Crippen LogP contribution is 2.28. The Morgan fingerprint density at radius 2 is 1.95 bits per heavy atom. The molecule has 3 nitrogen and oxygen atoms in total. The maximum Gasteiger partial charge on any atom is 0.173 e. The third-order valence-corrected chi connectivity index (χ3v) is 3.72. The number of benzene rings is 1. The largest absolute Gasteiger partial charge is 0.497 e. The molecule has 1 aromatic heterocycles. The van der Waals surface area contributed by atoms with Gasteiger partial charge in [0.05, 0.1) is 18.5 Å². The second-order valence-corrected chi connectivity index (χ2v) is 5.27. The first-order valence-corrected chi connectivity index (χ1v) is 7.38. The summed E-state index contributed by atoms with van der Waals surface area (Å²) in [6, 6.07) is 7.91. The van der Waals surface area contributed by atoms with E-state index in [2.05, 4.69) is 29.6 Å². The van der Waals surface area contributed by atoms with E-state index in [1.165, 1.54) is 0 Å². The van der Waals surface area contributed by atoms with Gasteiger partial charge in [0.2, 0.25) is 0 Å². The van der Waals surface area contributed by atoms with Crippen molar-refractivity contribution in [1.82, 2.24) is 9.55 Å². The van der Waals surface area contributed by atoms with Crippen LogP contribution in [0, 0.1) is 0 Å². The van der Waals surface area contributed by atoms with Crippen molar-refractivity contribution >= 4 is 23.9 Å². The van der Waals surface area contributed by atoms with Crippen molar-refractivity contribution in [2.24, 2.45) is 0 Å². The van der Waals surface area contributed by atoms with Crippen LogP contribution in [0.1, 0.15) is 18.3 Å². The summed E-state index contributed by atoms with van der Waals surface area (Å²) >= 11 is 1.70. The lowest BCUT2D eigenvalue weighted by Crippen LogP contribution is -1.99. The highest BCUT2D eigenvalue weighted by molar-refractivity contribution is 7.99. The smallest absolute Gasteiger partial charge is 0.173 e. The van der Waals surface area contributed by atoms with Gasteiger partial charge < -0.3 is 4.74 Å². The molecule has 4 heteroatoms. The van der Waals surface area contributed by atoms with E-state index in [1.807, 2.05) is 30.3 Å². The summed E-state index contributed by atoms with van der Waals surface area (Å²) in [7, 11) is 1.66. The Bertz CT molecular complexity index is 614. The number of hydrogen-bond donors (Lipinski definition) is 0. The maximum absolute atomic E-state index is 5.20. The molecule has 0 aliphatic carbocycles. The van der Waals surface area contributed by atoms with Crippen molar-refractivity contribution in [2.45, 2.75) is 12.1 Å². The molecular formula is C16H18N2OS. The van der Waals surface area contributed by atoms with Crippen LogP contribution >= 0.6 is 11.8 Å². The minimum absolute atomic E-state index is 0.836. The van der Waals surface area contributed by atoms with Gasteiger partial charge >= 0.3 is 0 Å². The Labute approximate surface area is 124 Å². The summed E-state index contributed by atoms with van der Waals surface area (Å²) in [6.07, 6.45) is 3.57.